The molecule has 1 rings (SSSR count). The van der Waals surface area contributed by atoms with Gasteiger partial charge < -0.3 is 0 Å². The fourth-order valence-electron chi connectivity index (χ4n) is 0.850. The standard InChI is InChI=1S/C8H2ClF4IO/c9-8(12,13)7(15)3-1-4(10)6(11)5(14)2-3/h1-2H. The molecule has 15 heavy (non-hydrogen) atoms. The summed E-state index contributed by atoms with van der Waals surface area (Å²) in [5.41, 5.74) is -0.668. The number of rotatable bonds is 2. The van der Waals surface area contributed by atoms with Crippen molar-refractivity contribution in [3.8, 4) is 0 Å². The molecule has 0 saturated carbocycles. The lowest BCUT2D eigenvalue weighted by Gasteiger charge is -2.07. The SMILES string of the molecule is O=C(c1cc(F)c(F)c(I)c1)C(F)(F)Cl. The lowest BCUT2D eigenvalue weighted by Crippen LogP contribution is -2.21. The van der Waals surface area contributed by atoms with E-state index in [1.165, 1.54) is 22.6 Å². The zero-order valence-corrected chi connectivity index (χ0v) is 9.74. The molecule has 0 saturated heterocycles. The van der Waals surface area contributed by atoms with E-state index in [0.717, 1.165) is 6.07 Å². The van der Waals surface area contributed by atoms with Crippen molar-refractivity contribution in [2.75, 3.05) is 0 Å². The van der Waals surface area contributed by atoms with Crippen LogP contribution in [0.15, 0.2) is 12.1 Å². The maximum atomic E-state index is 12.8. The predicted octanol–water partition coefficient (Wildman–Crippen LogP) is 3.58. The van der Waals surface area contributed by atoms with Crippen LogP contribution in [0.4, 0.5) is 17.6 Å². The highest BCUT2D eigenvalue weighted by Crippen LogP contribution is 2.26. The first-order chi connectivity index (χ1) is 6.73. The Morgan fingerprint density at radius 3 is 2.27 bits per heavy atom. The Hall–Kier alpha value is -0.370. The summed E-state index contributed by atoms with van der Waals surface area (Å²) >= 11 is 5.84. The Morgan fingerprint density at radius 1 is 1.33 bits per heavy atom. The van der Waals surface area contributed by atoms with Gasteiger partial charge in [0.2, 0.25) is 5.78 Å². The van der Waals surface area contributed by atoms with Crippen molar-refractivity contribution in [1.82, 2.24) is 0 Å². The van der Waals surface area contributed by atoms with Gasteiger partial charge in [-0.15, -0.1) is 0 Å². The van der Waals surface area contributed by atoms with Crippen LogP contribution in [0.2, 0.25) is 0 Å². The van der Waals surface area contributed by atoms with Gasteiger partial charge in [-0.25, -0.2) is 8.78 Å². The molecule has 0 aliphatic heterocycles. The van der Waals surface area contributed by atoms with E-state index >= 15 is 0 Å². The molecule has 0 heterocycles. The topological polar surface area (TPSA) is 17.1 Å². The molecule has 0 bridgehead atoms. The van der Waals surface area contributed by atoms with Crippen LogP contribution in [0.25, 0.3) is 0 Å². The summed E-state index contributed by atoms with van der Waals surface area (Å²) in [5, 5.41) is -4.12. The van der Waals surface area contributed by atoms with Crippen molar-refractivity contribution < 1.29 is 22.4 Å². The third kappa shape index (κ3) is 2.81. The van der Waals surface area contributed by atoms with Gasteiger partial charge in [0.1, 0.15) is 0 Å². The lowest BCUT2D eigenvalue weighted by atomic mass is 10.1. The first kappa shape index (κ1) is 12.7. The van der Waals surface area contributed by atoms with Crippen molar-refractivity contribution in [3.05, 3.63) is 32.9 Å². The van der Waals surface area contributed by atoms with Gasteiger partial charge in [-0.2, -0.15) is 8.78 Å². The Labute approximate surface area is 101 Å². The number of carbonyl (C=O) groups is 1. The molecule has 0 aliphatic carbocycles. The molecule has 0 atom stereocenters. The minimum absolute atomic E-state index is 0.267. The zero-order valence-electron chi connectivity index (χ0n) is 6.83. The van der Waals surface area contributed by atoms with Gasteiger partial charge in [0.25, 0.3) is 0 Å². The number of halogens is 6. The second kappa shape index (κ2) is 4.25. The number of benzene rings is 1. The second-order valence-corrected chi connectivity index (χ2v) is 4.22. The van der Waals surface area contributed by atoms with Gasteiger partial charge in [0.15, 0.2) is 11.6 Å². The van der Waals surface area contributed by atoms with Crippen LogP contribution in [0.1, 0.15) is 10.4 Å². The molecule has 0 N–H and O–H groups in total. The van der Waals surface area contributed by atoms with Gasteiger partial charge in [-0.3, -0.25) is 4.79 Å². The number of carbonyl (C=O) groups excluding carboxylic acids is 1. The Balaban J connectivity index is 3.24. The van der Waals surface area contributed by atoms with E-state index in [0.29, 0.717) is 6.07 Å². The molecule has 0 amide bonds. The molecule has 0 fully saturated rings. The van der Waals surface area contributed by atoms with Crippen LogP contribution >= 0.6 is 34.2 Å². The predicted molar refractivity (Wildman–Crippen MR) is 54.2 cm³/mol. The van der Waals surface area contributed by atoms with Gasteiger partial charge in [0.05, 0.1) is 3.57 Å². The van der Waals surface area contributed by atoms with Gasteiger partial charge >= 0.3 is 5.38 Å². The lowest BCUT2D eigenvalue weighted by molar-refractivity contribution is 0.0535. The largest absolute Gasteiger partial charge is 0.384 e. The van der Waals surface area contributed by atoms with E-state index in [1.54, 1.807) is 0 Å². The van der Waals surface area contributed by atoms with Gasteiger partial charge in [0, 0.05) is 5.56 Å². The van der Waals surface area contributed by atoms with Gasteiger partial charge in [-0.05, 0) is 46.3 Å². The molecule has 1 aromatic rings. The van der Waals surface area contributed by atoms with Crippen LogP contribution in [-0.2, 0) is 0 Å². The molecule has 0 unspecified atom stereocenters. The Morgan fingerprint density at radius 2 is 1.87 bits per heavy atom. The average Bonchev–Trinajstić information content (AvgIpc) is 2.10. The molecule has 0 spiro atoms. The molecule has 0 aliphatic rings. The number of hydrogen-bond donors (Lipinski definition) is 0. The van der Waals surface area contributed by atoms with Crippen molar-refractivity contribution in [2.24, 2.45) is 0 Å². The first-order valence-corrected chi connectivity index (χ1v) is 4.95. The van der Waals surface area contributed by atoms with E-state index in [9.17, 15) is 22.4 Å². The summed E-state index contributed by atoms with van der Waals surface area (Å²) in [6.07, 6.45) is 0. The van der Waals surface area contributed by atoms with Crippen molar-refractivity contribution in [3.63, 3.8) is 0 Å². The van der Waals surface area contributed by atoms with Crippen LogP contribution in [0, 0.1) is 15.2 Å². The molecule has 82 valence electrons. The van der Waals surface area contributed by atoms with Crippen molar-refractivity contribution in [2.45, 2.75) is 5.38 Å². The summed E-state index contributed by atoms with van der Waals surface area (Å²) in [6.45, 7) is 0. The van der Waals surface area contributed by atoms with E-state index in [4.69, 9.17) is 0 Å². The summed E-state index contributed by atoms with van der Waals surface area (Å²) in [7, 11) is 0. The number of hydrogen-bond acceptors (Lipinski definition) is 1. The van der Waals surface area contributed by atoms with Crippen LogP contribution < -0.4 is 0 Å². The van der Waals surface area contributed by atoms with Crippen LogP contribution in [0.5, 0.6) is 0 Å². The van der Waals surface area contributed by atoms with Crippen molar-refractivity contribution in [1.29, 1.82) is 0 Å². The summed E-state index contributed by atoms with van der Waals surface area (Å²) < 4.78 is 50.0. The molecule has 7 heteroatoms. The first-order valence-electron chi connectivity index (χ1n) is 3.49. The zero-order chi connectivity index (χ0) is 11.8. The highest BCUT2D eigenvalue weighted by molar-refractivity contribution is 14.1. The highest BCUT2D eigenvalue weighted by Gasteiger charge is 2.37. The summed E-state index contributed by atoms with van der Waals surface area (Å²) in [5.74, 6) is -4.32. The second-order valence-electron chi connectivity index (χ2n) is 2.58. The molecule has 1 aromatic carbocycles. The minimum atomic E-state index is -4.12. The van der Waals surface area contributed by atoms with E-state index in [2.05, 4.69) is 11.6 Å². The third-order valence-electron chi connectivity index (χ3n) is 1.50. The Kier molecular flexibility index (Phi) is 3.59. The number of alkyl halides is 3. The monoisotopic (exact) mass is 352 g/mol. The molecule has 0 aromatic heterocycles. The molecular formula is C8H2ClF4IO. The quantitative estimate of drug-likeness (QED) is 0.261. The minimum Gasteiger partial charge on any atom is -0.286 e. The summed E-state index contributed by atoms with van der Waals surface area (Å²) in [4.78, 5) is 10.9. The smallest absolute Gasteiger partial charge is 0.286 e. The van der Waals surface area contributed by atoms with E-state index in [1.807, 2.05) is 0 Å². The average molecular weight is 352 g/mol. The number of Topliss-reactive ketones (excluding diaryl/α,β-unsaturated/α-hetero) is 1. The fourth-order valence-corrected chi connectivity index (χ4v) is 1.55. The highest BCUT2D eigenvalue weighted by atomic mass is 127. The third-order valence-corrected chi connectivity index (χ3v) is 2.46. The molecule has 1 nitrogen and oxygen atoms in total. The Bertz CT molecular complexity index is 393. The van der Waals surface area contributed by atoms with Crippen LogP contribution in [-0.4, -0.2) is 11.2 Å². The van der Waals surface area contributed by atoms with E-state index < -0.39 is 28.4 Å². The van der Waals surface area contributed by atoms with Crippen LogP contribution in [0.3, 0.4) is 0 Å². The van der Waals surface area contributed by atoms with Crippen molar-refractivity contribution >= 4 is 40.0 Å². The van der Waals surface area contributed by atoms with Gasteiger partial charge in [-0.1, -0.05) is 0 Å². The fraction of sp³-hybridized carbons (Fsp3) is 0.125. The maximum Gasteiger partial charge on any atom is 0.384 e. The van der Waals surface area contributed by atoms with E-state index in [-0.39, 0.29) is 3.57 Å². The molecular weight excluding hydrogens is 350 g/mol. The molecule has 0 radical (unpaired) electrons. The maximum absolute atomic E-state index is 12.8. The normalized spacial score (nSPS) is 11.6. The number of ketones is 1. The summed E-state index contributed by atoms with van der Waals surface area (Å²) in [6, 6.07) is 1.19.